The number of ether oxygens (including phenoxy) is 3. The molecule has 1 heterocycles. The molecule has 1 aliphatic carbocycles. The molecule has 0 atom stereocenters. The molecule has 10 heteroatoms. The third-order valence-corrected chi connectivity index (χ3v) is 7.08. The Morgan fingerprint density at radius 2 is 1.61 bits per heavy atom. The molecule has 216 valence electrons. The van der Waals surface area contributed by atoms with Gasteiger partial charge in [-0.05, 0) is 84.3 Å². The molecule has 0 bridgehead atoms. The first kappa shape index (κ1) is 30.2. The average Bonchev–Trinajstić information content (AvgIpc) is 2.84. The van der Waals surface area contributed by atoms with Crippen LogP contribution in [0.4, 0.5) is 29.3 Å². The predicted octanol–water partition coefficient (Wildman–Crippen LogP) is 6.52. The SMILES string of the molecule is COCCCCOc1cc(NC2CCC(NC(=O)OC(C)(C)C)CC2)ccc1N1CCC(C(F)(F)F)CC1. The number of benzene rings is 1. The second-order valence-electron chi connectivity index (χ2n) is 11.4. The van der Waals surface area contributed by atoms with E-state index in [1.165, 1.54) is 0 Å². The smallest absolute Gasteiger partial charge is 0.407 e. The Balaban J connectivity index is 1.58. The van der Waals surface area contributed by atoms with Crippen molar-refractivity contribution in [3.63, 3.8) is 0 Å². The molecule has 7 nitrogen and oxygen atoms in total. The van der Waals surface area contributed by atoms with Crippen molar-refractivity contribution in [2.75, 3.05) is 43.6 Å². The Hall–Kier alpha value is -2.36. The number of anilines is 2. The summed E-state index contributed by atoms with van der Waals surface area (Å²) in [6, 6.07) is 6.25. The molecular formula is C28H44F3N3O4. The number of carbonyl (C=O) groups excluding carboxylic acids is 1. The zero-order valence-electron chi connectivity index (χ0n) is 23.2. The van der Waals surface area contributed by atoms with Gasteiger partial charge in [0.15, 0.2) is 0 Å². The van der Waals surface area contributed by atoms with Crippen molar-refractivity contribution >= 4 is 17.5 Å². The van der Waals surface area contributed by atoms with Crippen LogP contribution in [0.15, 0.2) is 18.2 Å². The molecule has 1 saturated carbocycles. The van der Waals surface area contributed by atoms with Crippen molar-refractivity contribution in [3.8, 4) is 5.75 Å². The highest BCUT2D eigenvalue weighted by Gasteiger charge is 2.41. The van der Waals surface area contributed by atoms with Crippen LogP contribution < -0.4 is 20.3 Å². The number of nitrogens with one attached hydrogen (secondary N) is 2. The van der Waals surface area contributed by atoms with E-state index >= 15 is 0 Å². The number of amides is 1. The quantitative estimate of drug-likeness (QED) is 0.328. The van der Waals surface area contributed by atoms with Crippen molar-refractivity contribution in [1.82, 2.24) is 5.32 Å². The summed E-state index contributed by atoms with van der Waals surface area (Å²) in [7, 11) is 1.67. The first-order chi connectivity index (χ1) is 17.9. The largest absolute Gasteiger partial charge is 0.491 e. The Kier molecular flexibility index (Phi) is 10.8. The number of piperidine rings is 1. The zero-order chi connectivity index (χ0) is 27.8. The second kappa shape index (κ2) is 13.6. The molecule has 1 saturated heterocycles. The van der Waals surface area contributed by atoms with Gasteiger partial charge in [0.25, 0.3) is 0 Å². The summed E-state index contributed by atoms with van der Waals surface area (Å²) in [6.45, 7) is 7.42. The van der Waals surface area contributed by atoms with Gasteiger partial charge in [0.05, 0.1) is 18.2 Å². The Morgan fingerprint density at radius 3 is 2.21 bits per heavy atom. The zero-order valence-corrected chi connectivity index (χ0v) is 23.2. The van der Waals surface area contributed by atoms with Crippen molar-refractivity contribution in [1.29, 1.82) is 0 Å². The highest BCUT2D eigenvalue weighted by Crippen LogP contribution is 2.39. The van der Waals surface area contributed by atoms with E-state index in [9.17, 15) is 18.0 Å². The van der Waals surface area contributed by atoms with E-state index in [-0.39, 0.29) is 31.0 Å². The van der Waals surface area contributed by atoms with Crippen LogP contribution in [0, 0.1) is 5.92 Å². The van der Waals surface area contributed by atoms with Crippen LogP contribution in [0.2, 0.25) is 0 Å². The van der Waals surface area contributed by atoms with Crippen molar-refractivity contribution in [3.05, 3.63) is 18.2 Å². The molecule has 1 aliphatic heterocycles. The summed E-state index contributed by atoms with van der Waals surface area (Å²) in [5, 5.41) is 6.56. The number of methoxy groups -OCH3 is 1. The number of nitrogens with zero attached hydrogens (tertiary/aromatic N) is 1. The molecule has 3 rings (SSSR count). The lowest BCUT2D eigenvalue weighted by Gasteiger charge is -2.35. The topological polar surface area (TPSA) is 72.1 Å². The lowest BCUT2D eigenvalue weighted by molar-refractivity contribution is -0.179. The van der Waals surface area contributed by atoms with Gasteiger partial charge in [-0.2, -0.15) is 13.2 Å². The molecule has 2 N–H and O–H groups in total. The van der Waals surface area contributed by atoms with Crippen molar-refractivity contribution < 1.29 is 32.2 Å². The number of alkyl halides is 3. The molecule has 0 unspecified atom stereocenters. The summed E-state index contributed by atoms with van der Waals surface area (Å²) in [4.78, 5) is 14.1. The molecule has 2 fully saturated rings. The monoisotopic (exact) mass is 543 g/mol. The third kappa shape index (κ3) is 9.75. The van der Waals surface area contributed by atoms with Crippen LogP contribution in [-0.2, 0) is 9.47 Å². The van der Waals surface area contributed by atoms with Crippen LogP contribution in [-0.4, -0.2) is 63.4 Å². The van der Waals surface area contributed by atoms with Crippen LogP contribution >= 0.6 is 0 Å². The normalized spacial score (nSPS) is 21.2. The molecular weight excluding hydrogens is 499 g/mol. The van der Waals surface area contributed by atoms with Gasteiger partial charge >= 0.3 is 12.3 Å². The van der Waals surface area contributed by atoms with E-state index in [0.29, 0.717) is 32.1 Å². The minimum Gasteiger partial charge on any atom is -0.491 e. The maximum Gasteiger partial charge on any atom is 0.407 e. The second-order valence-corrected chi connectivity index (χ2v) is 11.4. The average molecular weight is 544 g/mol. The summed E-state index contributed by atoms with van der Waals surface area (Å²) in [6.07, 6.45) is 0.892. The van der Waals surface area contributed by atoms with Crippen LogP contribution in [0.1, 0.15) is 72.1 Å². The fourth-order valence-corrected chi connectivity index (χ4v) is 5.05. The van der Waals surface area contributed by atoms with Gasteiger partial charge in [-0.1, -0.05) is 0 Å². The summed E-state index contributed by atoms with van der Waals surface area (Å²) in [5.74, 6) is -0.545. The number of carbonyl (C=O) groups is 1. The molecule has 38 heavy (non-hydrogen) atoms. The van der Waals surface area contributed by atoms with Gasteiger partial charge in [0.1, 0.15) is 11.4 Å². The van der Waals surface area contributed by atoms with Gasteiger partial charge in [0.2, 0.25) is 0 Å². The van der Waals surface area contributed by atoms with E-state index < -0.39 is 17.7 Å². The maximum absolute atomic E-state index is 13.2. The van der Waals surface area contributed by atoms with Crippen LogP contribution in [0.5, 0.6) is 5.75 Å². The molecule has 1 aromatic rings. The highest BCUT2D eigenvalue weighted by atomic mass is 19.4. The van der Waals surface area contributed by atoms with E-state index in [2.05, 4.69) is 10.6 Å². The van der Waals surface area contributed by atoms with Gasteiger partial charge in [-0.15, -0.1) is 0 Å². The molecule has 2 aliphatic rings. The van der Waals surface area contributed by atoms with Crippen molar-refractivity contribution in [2.45, 2.75) is 96.0 Å². The molecule has 0 aromatic heterocycles. The lowest BCUT2D eigenvalue weighted by Crippen LogP contribution is -2.42. The fourth-order valence-electron chi connectivity index (χ4n) is 5.05. The third-order valence-electron chi connectivity index (χ3n) is 7.08. The minimum atomic E-state index is -4.14. The lowest BCUT2D eigenvalue weighted by atomic mass is 9.91. The van der Waals surface area contributed by atoms with Crippen molar-refractivity contribution in [2.24, 2.45) is 5.92 Å². The summed E-state index contributed by atoms with van der Waals surface area (Å²) >= 11 is 0. The molecule has 0 radical (unpaired) electrons. The first-order valence-corrected chi connectivity index (χ1v) is 13.8. The minimum absolute atomic E-state index is 0.0934. The standard InChI is InChI=1S/C28H44F3N3O4/c1-27(2,3)38-26(35)33-22-9-7-21(8-10-22)32-23-11-12-24(25(19-23)37-18-6-5-17-36-4)34-15-13-20(14-16-34)28(29,30)31/h11-12,19-22,32H,5-10,13-18H2,1-4H3,(H,33,35). The Bertz CT molecular complexity index is 875. The van der Waals surface area contributed by atoms with Gasteiger partial charge < -0.3 is 29.7 Å². The number of hydrogen-bond acceptors (Lipinski definition) is 6. The number of halogens is 3. The highest BCUT2D eigenvalue weighted by molar-refractivity contribution is 5.68. The van der Waals surface area contributed by atoms with E-state index in [4.69, 9.17) is 14.2 Å². The predicted molar refractivity (Wildman–Crippen MR) is 143 cm³/mol. The molecule has 0 spiro atoms. The number of hydrogen-bond donors (Lipinski definition) is 2. The summed E-state index contributed by atoms with van der Waals surface area (Å²) in [5.41, 5.74) is 1.25. The van der Waals surface area contributed by atoms with E-state index in [0.717, 1.165) is 49.9 Å². The van der Waals surface area contributed by atoms with Crippen LogP contribution in [0.3, 0.4) is 0 Å². The van der Waals surface area contributed by atoms with Gasteiger partial charge in [0, 0.05) is 50.6 Å². The number of rotatable bonds is 10. The molecule has 1 amide bonds. The Labute approximate surface area is 224 Å². The number of unbranched alkanes of at least 4 members (excludes halogenated alkanes) is 1. The van der Waals surface area contributed by atoms with Gasteiger partial charge in [-0.3, -0.25) is 0 Å². The maximum atomic E-state index is 13.2. The van der Waals surface area contributed by atoms with E-state index in [1.54, 1.807) is 7.11 Å². The van der Waals surface area contributed by atoms with Gasteiger partial charge in [-0.25, -0.2) is 4.79 Å². The number of alkyl carbamates (subject to hydrolysis) is 1. The van der Waals surface area contributed by atoms with Crippen LogP contribution in [0.25, 0.3) is 0 Å². The molecule has 1 aromatic carbocycles. The Morgan fingerprint density at radius 1 is 0.974 bits per heavy atom. The summed E-state index contributed by atoms with van der Waals surface area (Å²) < 4.78 is 56.1. The van der Waals surface area contributed by atoms with E-state index in [1.807, 2.05) is 43.9 Å². The first-order valence-electron chi connectivity index (χ1n) is 13.8. The fraction of sp³-hybridized carbons (Fsp3) is 0.750.